The predicted octanol–water partition coefficient (Wildman–Crippen LogP) is 0.752. The maximum absolute atomic E-state index is 10.0. The summed E-state index contributed by atoms with van der Waals surface area (Å²) in [5, 5.41) is 0. The highest BCUT2D eigenvalue weighted by molar-refractivity contribution is 5.49. The number of rotatable bonds is 1. The molecule has 0 radical (unpaired) electrons. The van der Waals surface area contributed by atoms with E-state index in [-0.39, 0.29) is 0 Å². The minimum absolute atomic E-state index is 0.857. The first kappa shape index (κ1) is 5.35. The average molecular weight is 111 g/mol. The fourth-order valence-corrected chi connectivity index (χ4v) is 0.764. The minimum Gasteiger partial charge on any atom is -0.322 e. The number of amides is 1. The summed E-state index contributed by atoms with van der Waals surface area (Å²) in [5.41, 5.74) is 0. The second kappa shape index (κ2) is 2.50. The maximum Gasteiger partial charge on any atom is 0.213 e. The van der Waals surface area contributed by atoms with E-state index < -0.39 is 0 Å². The van der Waals surface area contributed by atoms with Crippen molar-refractivity contribution < 1.29 is 4.79 Å². The first-order valence-corrected chi connectivity index (χ1v) is 2.81. The quantitative estimate of drug-likeness (QED) is 0.457. The largest absolute Gasteiger partial charge is 0.322 e. The van der Waals surface area contributed by atoms with Gasteiger partial charge in [-0.3, -0.25) is 4.79 Å². The van der Waals surface area contributed by atoms with Gasteiger partial charge in [0.1, 0.15) is 0 Å². The SMILES string of the molecule is O=CN1C=CCCC1. The third-order valence-corrected chi connectivity index (χ3v) is 1.22. The molecule has 0 aliphatic carbocycles. The summed E-state index contributed by atoms with van der Waals surface area (Å²) in [7, 11) is 0. The predicted molar refractivity (Wildman–Crippen MR) is 31.1 cm³/mol. The van der Waals surface area contributed by atoms with E-state index in [2.05, 4.69) is 0 Å². The van der Waals surface area contributed by atoms with Gasteiger partial charge in [-0.1, -0.05) is 6.08 Å². The van der Waals surface area contributed by atoms with E-state index in [1.807, 2.05) is 12.3 Å². The van der Waals surface area contributed by atoms with Crippen LogP contribution in [-0.4, -0.2) is 17.9 Å². The van der Waals surface area contributed by atoms with E-state index in [1.54, 1.807) is 4.90 Å². The fraction of sp³-hybridized carbons (Fsp3) is 0.500. The molecule has 1 aliphatic rings. The van der Waals surface area contributed by atoms with Crippen LogP contribution < -0.4 is 0 Å². The highest BCUT2D eigenvalue weighted by Gasteiger charge is 1.98. The Morgan fingerprint density at radius 2 is 2.50 bits per heavy atom. The lowest BCUT2D eigenvalue weighted by atomic mass is 10.2. The topological polar surface area (TPSA) is 20.3 Å². The van der Waals surface area contributed by atoms with Crippen molar-refractivity contribution in [1.82, 2.24) is 4.90 Å². The number of hydrogen-bond acceptors (Lipinski definition) is 1. The summed E-state index contributed by atoms with van der Waals surface area (Å²) in [6, 6.07) is 0. The van der Waals surface area contributed by atoms with Gasteiger partial charge in [0, 0.05) is 12.7 Å². The first-order valence-electron chi connectivity index (χ1n) is 2.81. The van der Waals surface area contributed by atoms with E-state index in [0.29, 0.717) is 0 Å². The summed E-state index contributed by atoms with van der Waals surface area (Å²) in [6.45, 7) is 0.889. The Morgan fingerprint density at radius 3 is 2.88 bits per heavy atom. The van der Waals surface area contributed by atoms with Gasteiger partial charge in [-0.05, 0) is 12.8 Å². The molecule has 0 atom stereocenters. The highest BCUT2D eigenvalue weighted by Crippen LogP contribution is 2.01. The maximum atomic E-state index is 10.0. The summed E-state index contributed by atoms with van der Waals surface area (Å²) in [4.78, 5) is 11.7. The van der Waals surface area contributed by atoms with Gasteiger partial charge in [0.05, 0.1) is 0 Å². The van der Waals surface area contributed by atoms with Gasteiger partial charge >= 0.3 is 0 Å². The van der Waals surface area contributed by atoms with Gasteiger partial charge in [0.2, 0.25) is 6.41 Å². The lowest BCUT2D eigenvalue weighted by Gasteiger charge is -2.14. The monoisotopic (exact) mass is 111 g/mol. The molecule has 1 aliphatic heterocycles. The van der Waals surface area contributed by atoms with Gasteiger partial charge in [-0.15, -0.1) is 0 Å². The molecular formula is C6H9NO. The molecule has 1 amide bonds. The standard InChI is InChI=1S/C6H9NO/c8-6-7-4-2-1-3-5-7/h2,4,6H,1,3,5H2. The molecule has 1 heterocycles. The Kier molecular flexibility index (Phi) is 1.67. The molecule has 0 unspecified atom stereocenters. The molecule has 0 saturated heterocycles. The third-order valence-electron chi connectivity index (χ3n) is 1.22. The molecular weight excluding hydrogens is 102 g/mol. The molecule has 0 bridgehead atoms. The second-order valence-corrected chi connectivity index (χ2v) is 1.87. The number of allylic oxidation sites excluding steroid dienone is 1. The zero-order chi connectivity index (χ0) is 5.82. The van der Waals surface area contributed by atoms with Crippen molar-refractivity contribution in [3.05, 3.63) is 12.3 Å². The molecule has 8 heavy (non-hydrogen) atoms. The third kappa shape index (κ3) is 1.09. The number of hydrogen-bond donors (Lipinski definition) is 0. The molecule has 1 rings (SSSR count). The Labute approximate surface area is 48.8 Å². The van der Waals surface area contributed by atoms with Crippen molar-refractivity contribution in [1.29, 1.82) is 0 Å². The number of carbonyl (C=O) groups excluding carboxylic acids is 1. The summed E-state index contributed by atoms with van der Waals surface area (Å²) in [5.74, 6) is 0. The second-order valence-electron chi connectivity index (χ2n) is 1.87. The van der Waals surface area contributed by atoms with E-state index in [9.17, 15) is 4.79 Å². The van der Waals surface area contributed by atoms with Crippen molar-refractivity contribution in [2.24, 2.45) is 0 Å². The molecule has 0 aromatic carbocycles. The van der Waals surface area contributed by atoms with E-state index >= 15 is 0 Å². The Balaban J connectivity index is 2.42. The lowest BCUT2D eigenvalue weighted by molar-refractivity contribution is -0.116. The minimum atomic E-state index is 0.857. The van der Waals surface area contributed by atoms with Crippen molar-refractivity contribution in [2.75, 3.05) is 6.54 Å². The fourth-order valence-electron chi connectivity index (χ4n) is 0.764. The molecule has 2 nitrogen and oxygen atoms in total. The van der Waals surface area contributed by atoms with Crippen LogP contribution >= 0.6 is 0 Å². The van der Waals surface area contributed by atoms with E-state index in [0.717, 1.165) is 25.8 Å². The van der Waals surface area contributed by atoms with Crippen molar-refractivity contribution in [2.45, 2.75) is 12.8 Å². The summed E-state index contributed by atoms with van der Waals surface area (Å²) < 4.78 is 0. The van der Waals surface area contributed by atoms with Crippen LogP contribution in [0.25, 0.3) is 0 Å². The number of carbonyl (C=O) groups is 1. The molecule has 0 N–H and O–H groups in total. The zero-order valence-corrected chi connectivity index (χ0v) is 4.71. The van der Waals surface area contributed by atoms with Crippen LogP contribution in [0.15, 0.2) is 12.3 Å². The normalized spacial score (nSPS) is 18.8. The highest BCUT2D eigenvalue weighted by atomic mass is 16.1. The van der Waals surface area contributed by atoms with E-state index in [4.69, 9.17) is 0 Å². The van der Waals surface area contributed by atoms with E-state index in [1.165, 1.54) is 0 Å². The molecule has 0 aromatic rings. The molecule has 0 spiro atoms. The Morgan fingerprint density at radius 1 is 1.62 bits per heavy atom. The molecule has 0 saturated carbocycles. The van der Waals surface area contributed by atoms with Gasteiger partial charge in [0.25, 0.3) is 0 Å². The van der Waals surface area contributed by atoms with Crippen LogP contribution in [0.1, 0.15) is 12.8 Å². The van der Waals surface area contributed by atoms with Gasteiger partial charge < -0.3 is 4.90 Å². The summed E-state index contributed by atoms with van der Waals surface area (Å²) in [6.07, 6.45) is 6.92. The van der Waals surface area contributed by atoms with Crippen LogP contribution in [0.5, 0.6) is 0 Å². The van der Waals surface area contributed by atoms with Crippen molar-refractivity contribution in [3.63, 3.8) is 0 Å². The van der Waals surface area contributed by atoms with Crippen LogP contribution in [0.4, 0.5) is 0 Å². The van der Waals surface area contributed by atoms with Crippen LogP contribution in [0, 0.1) is 0 Å². The zero-order valence-electron chi connectivity index (χ0n) is 4.71. The van der Waals surface area contributed by atoms with Crippen LogP contribution in [0.3, 0.4) is 0 Å². The van der Waals surface area contributed by atoms with Gasteiger partial charge in [0.15, 0.2) is 0 Å². The Bertz CT molecular complexity index is 109. The van der Waals surface area contributed by atoms with Crippen LogP contribution in [-0.2, 0) is 4.79 Å². The molecule has 2 heteroatoms. The van der Waals surface area contributed by atoms with Crippen molar-refractivity contribution >= 4 is 6.41 Å². The molecule has 0 aromatic heterocycles. The van der Waals surface area contributed by atoms with Crippen LogP contribution in [0.2, 0.25) is 0 Å². The smallest absolute Gasteiger partial charge is 0.213 e. The van der Waals surface area contributed by atoms with Gasteiger partial charge in [-0.2, -0.15) is 0 Å². The number of nitrogens with zero attached hydrogens (tertiary/aromatic N) is 1. The van der Waals surface area contributed by atoms with Gasteiger partial charge in [-0.25, -0.2) is 0 Å². The Hall–Kier alpha value is -0.790. The average Bonchev–Trinajstić information content (AvgIpc) is 1.90. The molecule has 0 fully saturated rings. The lowest BCUT2D eigenvalue weighted by Crippen LogP contribution is -2.18. The first-order chi connectivity index (χ1) is 3.93. The summed E-state index contributed by atoms with van der Waals surface area (Å²) >= 11 is 0. The van der Waals surface area contributed by atoms with Crippen molar-refractivity contribution in [3.8, 4) is 0 Å². The molecule has 44 valence electrons.